The number of aryl methyl sites for hydroxylation is 2. The number of benzene rings is 2. The molecule has 8 heteroatoms. The molecule has 0 saturated carbocycles. The zero-order valence-corrected chi connectivity index (χ0v) is 20.3. The van der Waals surface area contributed by atoms with Crippen molar-refractivity contribution >= 4 is 15.9 Å². The van der Waals surface area contributed by atoms with E-state index in [0.717, 1.165) is 22.3 Å². The van der Waals surface area contributed by atoms with Gasteiger partial charge in [-0.05, 0) is 62.1 Å². The minimum atomic E-state index is -3.65. The number of para-hydroxylation sites is 1. The highest BCUT2D eigenvalue weighted by molar-refractivity contribution is 7.89. The quantitative estimate of drug-likeness (QED) is 0.594. The number of rotatable bonds is 7. The first-order valence-corrected chi connectivity index (χ1v) is 12.2. The molecule has 2 aromatic rings. The smallest absolute Gasteiger partial charge is 0.257 e. The summed E-state index contributed by atoms with van der Waals surface area (Å²) in [6.07, 6.45) is 0. The molecule has 0 atom stereocenters. The molecule has 0 spiro atoms. The van der Waals surface area contributed by atoms with Crippen LogP contribution in [0.2, 0.25) is 0 Å². The van der Waals surface area contributed by atoms with Crippen molar-refractivity contribution in [2.45, 2.75) is 32.6 Å². The Balaban J connectivity index is 1.76. The average Bonchev–Trinajstić information content (AvgIpc) is 2.78. The Morgan fingerprint density at radius 2 is 1.53 bits per heavy atom. The molecule has 3 rings (SSSR count). The predicted octanol–water partition coefficient (Wildman–Crippen LogP) is 3.09. The molecule has 1 amide bonds. The normalized spacial score (nSPS) is 15.1. The van der Waals surface area contributed by atoms with Crippen LogP contribution in [0.3, 0.4) is 0 Å². The van der Waals surface area contributed by atoms with Gasteiger partial charge in [0.05, 0.1) is 17.1 Å². The molecule has 7 nitrogen and oxygen atoms in total. The lowest BCUT2D eigenvalue weighted by atomic mass is 10.0. The van der Waals surface area contributed by atoms with Crippen molar-refractivity contribution in [3.63, 3.8) is 0 Å². The van der Waals surface area contributed by atoms with Gasteiger partial charge in [-0.3, -0.25) is 4.79 Å². The third kappa shape index (κ3) is 4.82. The SMILES string of the molecule is COCCOc1ccccc1C(=O)N1CCN(S(=O)(=O)c2c(C)c(C)cc(C)c2C)CC1. The van der Waals surface area contributed by atoms with E-state index >= 15 is 0 Å². The van der Waals surface area contributed by atoms with Gasteiger partial charge in [0.1, 0.15) is 12.4 Å². The van der Waals surface area contributed by atoms with E-state index in [-0.39, 0.29) is 19.0 Å². The molecule has 0 radical (unpaired) electrons. The maximum absolute atomic E-state index is 13.5. The Morgan fingerprint density at radius 1 is 0.938 bits per heavy atom. The molecule has 1 aliphatic heterocycles. The largest absolute Gasteiger partial charge is 0.490 e. The molecule has 1 heterocycles. The molecule has 32 heavy (non-hydrogen) atoms. The van der Waals surface area contributed by atoms with Crippen LogP contribution in [0.4, 0.5) is 0 Å². The average molecular weight is 461 g/mol. The monoisotopic (exact) mass is 460 g/mol. The Morgan fingerprint density at radius 3 is 2.12 bits per heavy atom. The predicted molar refractivity (Wildman–Crippen MR) is 124 cm³/mol. The molecule has 1 saturated heterocycles. The fourth-order valence-corrected chi connectivity index (χ4v) is 6.00. The fourth-order valence-electron chi connectivity index (χ4n) is 4.00. The number of carbonyl (C=O) groups is 1. The van der Waals surface area contributed by atoms with Crippen molar-refractivity contribution in [1.29, 1.82) is 0 Å². The van der Waals surface area contributed by atoms with Gasteiger partial charge in [0.15, 0.2) is 0 Å². The van der Waals surface area contributed by atoms with Crippen LogP contribution in [0.1, 0.15) is 32.6 Å². The zero-order chi connectivity index (χ0) is 23.5. The van der Waals surface area contributed by atoms with Gasteiger partial charge >= 0.3 is 0 Å². The lowest BCUT2D eigenvalue weighted by molar-refractivity contribution is 0.0691. The van der Waals surface area contributed by atoms with Gasteiger partial charge in [-0.2, -0.15) is 4.31 Å². The van der Waals surface area contributed by atoms with Gasteiger partial charge in [-0.1, -0.05) is 18.2 Å². The standard InChI is InChI=1S/C24H32N2O5S/c1-17-16-18(2)20(4)23(19(17)3)32(28,29)26-12-10-25(11-13-26)24(27)21-8-6-7-9-22(21)31-15-14-30-5/h6-9,16H,10-15H2,1-5H3. The maximum Gasteiger partial charge on any atom is 0.257 e. The number of amides is 1. The van der Waals surface area contributed by atoms with Crippen LogP contribution in [0.5, 0.6) is 5.75 Å². The van der Waals surface area contributed by atoms with Gasteiger partial charge in [-0.15, -0.1) is 0 Å². The molecular weight excluding hydrogens is 428 g/mol. The molecule has 174 valence electrons. The highest BCUT2D eigenvalue weighted by Gasteiger charge is 2.33. The van der Waals surface area contributed by atoms with Gasteiger partial charge in [-0.25, -0.2) is 8.42 Å². The van der Waals surface area contributed by atoms with E-state index < -0.39 is 10.0 Å². The summed E-state index contributed by atoms with van der Waals surface area (Å²) in [5, 5.41) is 0. The Hall–Kier alpha value is -2.42. The van der Waals surface area contributed by atoms with Gasteiger partial charge in [0.2, 0.25) is 10.0 Å². The van der Waals surface area contributed by atoms with Gasteiger partial charge < -0.3 is 14.4 Å². The molecule has 1 aliphatic rings. The summed E-state index contributed by atoms with van der Waals surface area (Å²) in [5.41, 5.74) is 3.97. The molecule has 2 aromatic carbocycles. The van der Waals surface area contributed by atoms with Crippen LogP contribution in [0, 0.1) is 27.7 Å². The van der Waals surface area contributed by atoms with E-state index in [1.807, 2.05) is 39.8 Å². The first-order chi connectivity index (χ1) is 15.2. The summed E-state index contributed by atoms with van der Waals surface area (Å²) < 4.78 is 39.1. The zero-order valence-electron chi connectivity index (χ0n) is 19.5. The fraction of sp³-hybridized carbons (Fsp3) is 0.458. The lowest BCUT2D eigenvalue weighted by Gasteiger charge is -2.35. The Bertz CT molecular complexity index is 1060. The number of nitrogens with zero attached hydrogens (tertiary/aromatic N) is 2. The Labute approximate surface area is 191 Å². The third-order valence-electron chi connectivity index (χ3n) is 6.08. The highest BCUT2D eigenvalue weighted by Crippen LogP contribution is 2.29. The second kappa shape index (κ2) is 10.0. The molecule has 0 unspecified atom stereocenters. The van der Waals surface area contributed by atoms with E-state index in [0.29, 0.717) is 42.5 Å². The van der Waals surface area contributed by atoms with Crippen molar-refractivity contribution in [3.05, 3.63) is 58.1 Å². The molecule has 0 N–H and O–H groups in total. The van der Waals surface area contributed by atoms with Crippen LogP contribution in [0.15, 0.2) is 35.2 Å². The van der Waals surface area contributed by atoms with E-state index in [1.165, 1.54) is 4.31 Å². The van der Waals surface area contributed by atoms with Gasteiger partial charge in [0.25, 0.3) is 5.91 Å². The minimum Gasteiger partial charge on any atom is -0.490 e. The summed E-state index contributed by atoms with van der Waals surface area (Å²) >= 11 is 0. The summed E-state index contributed by atoms with van der Waals surface area (Å²) in [4.78, 5) is 15.2. The summed E-state index contributed by atoms with van der Waals surface area (Å²) in [6, 6.07) is 9.12. The number of ether oxygens (including phenoxy) is 2. The number of hydrogen-bond donors (Lipinski definition) is 0. The van der Waals surface area contributed by atoms with Crippen LogP contribution in [-0.4, -0.2) is 70.0 Å². The van der Waals surface area contributed by atoms with E-state index in [4.69, 9.17) is 9.47 Å². The molecular formula is C24H32N2O5S. The molecule has 0 bridgehead atoms. The summed E-state index contributed by atoms with van der Waals surface area (Å²) in [5.74, 6) is 0.347. The maximum atomic E-state index is 13.5. The van der Waals surface area contributed by atoms with Crippen molar-refractivity contribution in [2.75, 3.05) is 46.5 Å². The van der Waals surface area contributed by atoms with Crippen LogP contribution in [0.25, 0.3) is 0 Å². The van der Waals surface area contributed by atoms with E-state index in [2.05, 4.69) is 0 Å². The molecule has 1 fully saturated rings. The van der Waals surface area contributed by atoms with E-state index in [1.54, 1.807) is 30.2 Å². The highest BCUT2D eigenvalue weighted by atomic mass is 32.2. The number of sulfonamides is 1. The van der Waals surface area contributed by atoms with Crippen LogP contribution in [-0.2, 0) is 14.8 Å². The number of piperazine rings is 1. The first-order valence-electron chi connectivity index (χ1n) is 10.8. The topological polar surface area (TPSA) is 76.2 Å². The lowest BCUT2D eigenvalue weighted by Crippen LogP contribution is -2.50. The summed E-state index contributed by atoms with van der Waals surface area (Å²) in [7, 11) is -2.06. The van der Waals surface area contributed by atoms with Crippen LogP contribution >= 0.6 is 0 Å². The minimum absolute atomic E-state index is 0.158. The third-order valence-corrected chi connectivity index (χ3v) is 8.26. The molecule has 0 aromatic heterocycles. The second-order valence-corrected chi connectivity index (χ2v) is 10.00. The van der Waals surface area contributed by atoms with Crippen molar-refractivity contribution < 1.29 is 22.7 Å². The van der Waals surface area contributed by atoms with Crippen molar-refractivity contribution in [3.8, 4) is 5.75 Å². The Kier molecular flexibility index (Phi) is 7.59. The molecule has 0 aliphatic carbocycles. The second-order valence-electron chi connectivity index (χ2n) is 8.12. The summed E-state index contributed by atoms with van der Waals surface area (Å²) in [6.45, 7) is 9.52. The first kappa shape index (κ1) is 24.2. The number of carbonyl (C=O) groups excluding carboxylic acids is 1. The van der Waals surface area contributed by atoms with Crippen molar-refractivity contribution in [1.82, 2.24) is 9.21 Å². The number of methoxy groups -OCH3 is 1. The number of hydrogen-bond acceptors (Lipinski definition) is 5. The van der Waals surface area contributed by atoms with Gasteiger partial charge in [0, 0.05) is 33.3 Å². The van der Waals surface area contributed by atoms with E-state index in [9.17, 15) is 13.2 Å². The van der Waals surface area contributed by atoms with Crippen molar-refractivity contribution in [2.24, 2.45) is 0 Å². The van der Waals surface area contributed by atoms with Crippen LogP contribution < -0.4 is 4.74 Å².